The highest BCUT2D eigenvalue weighted by atomic mass is 19.1. The minimum Gasteiger partial charge on any atom is -0.405 e. The summed E-state index contributed by atoms with van der Waals surface area (Å²) in [5.41, 5.74) is 6.43. The Hall–Kier alpha value is -1.43. The molecular weight excluding hydrogens is 307 g/mol. The van der Waals surface area contributed by atoms with Gasteiger partial charge in [-0.1, -0.05) is 24.3 Å². The number of nitrogens with two attached hydrogens (primary N) is 1. The van der Waals surface area contributed by atoms with Gasteiger partial charge in [0.2, 0.25) is 0 Å². The van der Waals surface area contributed by atoms with E-state index in [0.29, 0.717) is 25.7 Å². The third-order valence-corrected chi connectivity index (χ3v) is 3.70. The molecule has 1 rings (SSSR count). The van der Waals surface area contributed by atoms with Crippen molar-refractivity contribution in [2.75, 3.05) is 26.9 Å². The molecule has 0 bridgehead atoms. The van der Waals surface area contributed by atoms with Crippen LogP contribution in [0.15, 0.2) is 48.5 Å². The zero-order valence-electron chi connectivity index (χ0n) is 14.7. The van der Waals surface area contributed by atoms with Crippen molar-refractivity contribution in [3.05, 3.63) is 48.5 Å². The Kier molecular flexibility index (Phi) is 11.1. The van der Waals surface area contributed by atoms with E-state index in [1.807, 2.05) is 6.08 Å². The molecule has 0 aromatic rings. The molecule has 3 N–H and O–H groups in total. The molecule has 0 radical (unpaired) electrons. The predicted octanol–water partition coefficient (Wildman–Crippen LogP) is 3.38. The maximum atomic E-state index is 14.0. The van der Waals surface area contributed by atoms with Crippen LogP contribution in [0.3, 0.4) is 0 Å². The smallest absolute Gasteiger partial charge is 0.103 e. The summed E-state index contributed by atoms with van der Waals surface area (Å²) in [6.07, 6.45) is 11.9. The first-order chi connectivity index (χ1) is 11.7. The summed E-state index contributed by atoms with van der Waals surface area (Å²) in [4.78, 5) is 0. The zero-order chi connectivity index (χ0) is 17.6. The van der Waals surface area contributed by atoms with Crippen molar-refractivity contribution in [3.8, 4) is 0 Å². The summed E-state index contributed by atoms with van der Waals surface area (Å²) >= 11 is 0. The fraction of sp³-hybridized carbons (Fsp3) is 0.579. The summed E-state index contributed by atoms with van der Waals surface area (Å²) in [6.45, 7) is 5.75. The minimum atomic E-state index is -0.235. The monoisotopic (exact) mass is 338 g/mol. The van der Waals surface area contributed by atoms with E-state index in [1.54, 1.807) is 13.2 Å². The summed E-state index contributed by atoms with van der Waals surface area (Å²) in [6, 6.07) is 0.630. The van der Waals surface area contributed by atoms with Crippen molar-refractivity contribution in [2.24, 2.45) is 5.73 Å². The Morgan fingerprint density at radius 3 is 2.75 bits per heavy atom. The summed E-state index contributed by atoms with van der Waals surface area (Å²) in [7, 11) is 1.66. The summed E-state index contributed by atoms with van der Waals surface area (Å²) in [5, 5.41) is 3.48. The van der Waals surface area contributed by atoms with E-state index in [1.165, 1.54) is 36.8 Å². The topological polar surface area (TPSA) is 56.5 Å². The number of hydrogen-bond donors (Lipinski definition) is 2. The molecule has 0 aliphatic heterocycles. The molecule has 0 saturated heterocycles. The van der Waals surface area contributed by atoms with Gasteiger partial charge in [-0.05, 0) is 44.0 Å². The second-order valence-electron chi connectivity index (χ2n) is 5.96. The summed E-state index contributed by atoms with van der Waals surface area (Å²) < 4.78 is 24.9. The van der Waals surface area contributed by atoms with E-state index in [9.17, 15) is 4.39 Å². The molecule has 1 aliphatic rings. The van der Waals surface area contributed by atoms with Gasteiger partial charge in [0.1, 0.15) is 5.83 Å². The van der Waals surface area contributed by atoms with Gasteiger partial charge >= 0.3 is 0 Å². The normalized spacial score (nSPS) is 17.4. The van der Waals surface area contributed by atoms with Crippen LogP contribution in [0, 0.1) is 0 Å². The molecule has 0 heterocycles. The third-order valence-electron chi connectivity index (χ3n) is 3.70. The van der Waals surface area contributed by atoms with Gasteiger partial charge in [0.05, 0.1) is 6.10 Å². The first-order valence-electron chi connectivity index (χ1n) is 8.57. The maximum Gasteiger partial charge on any atom is 0.103 e. The fourth-order valence-electron chi connectivity index (χ4n) is 2.31. The van der Waals surface area contributed by atoms with Gasteiger partial charge in [0, 0.05) is 39.3 Å². The molecule has 24 heavy (non-hydrogen) atoms. The quantitative estimate of drug-likeness (QED) is 0.377. The Morgan fingerprint density at radius 1 is 1.33 bits per heavy atom. The zero-order valence-corrected chi connectivity index (χ0v) is 14.7. The number of rotatable bonds is 14. The molecule has 0 aromatic heterocycles. The lowest BCUT2D eigenvalue weighted by Crippen LogP contribution is -2.23. The lowest BCUT2D eigenvalue weighted by Gasteiger charge is -2.19. The maximum absolute atomic E-state index is 14.0. The molecule has 0 spiro atoms. The van der Waals surface area contributed by atoms with Crippen LogP contribution in [-0.4, -0.2) is 39.0 Å². The molecule has 1 fully saturated rings. The van der Waals surface area contributed by atoms with Gasteiger partial charge in [-0.25, -0.2) is 4.39 Å². The lowest BCUT2D eigenvalue weighted by molar-refractivity contribution is 0.0370. The van der Waals surface area contributed by atoms with Crippen molar-refractivity contribution >= 4 is 0 Å². The molecule has 4 nitrogen and oxygen atoms in total. The molecule has 5 heteroatoms. The highest BCUT2D eigenvalue weighted by molar-refractivity contribution is 5.15. The number of methoxy groups -OCH3 is 1. The molecule has 0 aromatic carbocycles. The van der Waals surface area contributed by atoms with Crippen LogP contribution in [0.2, 0.25) is 0 Å². The third kappa shape index (κ3) is 10.4. The van der Waals surface area contributed by atoms with Crippen molar-refractivity contribution in [1.29, 1.82) is 0 Å². The Labute approximate surface area is 145 Å². The SMILES string of the molecule is C=C/C=C(/CNC1CC1)C[C@@H](C/C(F)=C\C=C/N)OCCCOC. The van der Waals surface area contributed by atoms with Crippen molar-refractivity contribution < 1.29 is 13.9 Å². The molecule has 0 amide bonds. The highest BCUT2D eigenvalue weighted by Gasteiger charge is 2.21. The van der Waals surface area contributed by atoms with Gasteiger partial charge in [0.15, 0.2) is 0 Å². The molecule has 0 unspecified atom stereocenters. The minimum absolute atomic E-state index is 0.212. The molecule has 1 aliphatic carbocycles. The number of allylic oxidation sites excluding steroid dienone is 4. The average molecular weight is 338 g/mol. The number of halogens is 1. The van der Waals surface area contributed by atoms with Crippen molar-refractivity contribution in [1.82, 2.24) is 5.32 Å². The van der Waals surface area contributed by atoms with E-state index in [2.05, 4.69) is 11.9 Å². The van der Waals surface area contributed by atoms with Crippen LogP contribution >= 0.6 is 0 Å². The highest BCUT2D eigenvalue weighted by Crippen LogP contribution is 2.21. The first kappa shape index (κ1) is 20.6. The first-order valence-corrected chi connectivity index (χ1v) is 8.57. The van der Waals surface area contributed by atoms with Gasteiger partial charge in [0.25, 0.3) is 0 Å². The van der Waals surface area contributed by atoms with E-state index in [0.717, 1.165) is 13.0 Å². The standard InChI is InChI=1S/C19H31FN2O2/c1-3-6-16(15-22-18-8-9-18)13-19(24-12-5-11-23-2)14-17(20)7-4-10-21/h3-4,6-7,10,18-19,22H,1,5,8-9,11-15,21H2,2H3/b10-4-,16-6+,17-7+/t19-/m0/s1. The fourth-order valence-corrected chi connectivity index (χ4v) is 2.31. The molecule has 136 valence electrons. The number of ether oxygens (including phenoxy) is 2. The van der Waals surface area contributed by atoms with E-state index < -0.39 is 0 Å². The van der Waals surface area contributed by atoms with Crippen LogP contribution in [0.4, 0.5) is 4.39 Å². The Bertz CT molecular complexity index is 443. The van der Waals surface area contributed by atoms with Crippen molar-refractivity contribution in [2.45, 2.75) is 44.2 Å². The largest absolute Gasteiger partial charge is 0.405 e. The van der Waals surface area contributed by atoms with Gasteiger partial charge in [-0.2, -0.15) is 0 Å². The van der Waals surface area contributed by atoms with E-state index in [4.69, 9.17) is 15.2 Å². The summed E-state index contributed by atoms with van der Waals surface area (Å²) in [5.74, 6) is -0.235. The molecule has 1 saturated carbocycles. The van der Waals surface area contributed by atoms with E-state index >= 15 is 0 Å². The van der Waals surface area contributed by atoms with E-state index in [-0.39, 0.29) is 18.4 Å². The second-order valence-corrected chi connectivity index (χ2v) is 5.96. The lowest BCUT2D eigenvalue weighted by atomic mass is 10.0. The second kappa shape index (κ2) is 12.9. The van der Waals surface area contributed by atoms with Crippen LogP contribution in [0.25, 0.3) is 0 Å². The Balaban J connectivity index is 2.57. The average Bonchev–Trinajstić information content (AvgIpc) is 3.39. The number of hydrogen-bond acceptors (Lipinski definition) is 4. The molecular formula is C19H31FN2O2. The van der Waals surface area contributed by atoms with Gasteiger partial charge < -0.3 is 20.5 Å². The van der Waals surface area contributed by atoms with Gasteiger partial charge in [-0.3, -0.25) is 0 Å². The van der Waals surface area contributed by atoms with Crippen molar-refractivity contribution in [3.63, 3.8) is 0 Å². The number of nitrogens with one attached hydrogen (secondary N) is 1. The van der Waals surface area contributed by atoms with Crippen LogP contribution in [0.1, 0.15) is 32.1 Å². The van der Waals surface area contributed by atoms with Crippen LogP contribution in [-0.2, 0) is 9.47 Å². The predicted molar refractivity (Wildman–Crippen MR) is 97.3 cm³/mol. The molecule has 1 atom stereocenters. The van der Waals surface area contributed by atoms with Crippen LogP contribution in [0.5, 0.6) is 0 Å². The van der Waals surface area contributed by atoms with Gasteiger partial charge in [-0.15, -0.1) is 0 Å². The van der Waals surface area contributed by atoms with Crippen LogP contribution < -0.4 is 11.1 Å². The Morgan fingerprint density at radius 2 is 2.12 bits per heavy atom.